The highest BCUT2D eigenvalue weighted by Gasteiger charge is 2.17. The fraction of sp³-hybridized carbons (Fsp3) is 0.294. The molecule has 0 aliphatic heterocycles. The Morgan fingerprint density at radius 1 is 1.24 bits per heavy atom. The van der Waals surface area contributed by atoms with Crippen LogP contribution in [0, 0.1) is 6.92 Å². The summed E-state index contributed by atoms with van der Waals surface area (Å²) in [6.07, 6.45) is 2.56. The first-order chi connectivity index (χ1) is 10.2. The summed E-state index contributed by atoms with van der Waals surface area (Å²) in [6.45, 7) is 4.01. The summed E-state index contributed by atoms with van der Waals surface area (Å²) >= 11 is 1.67. The standard InChI is InChI=1S/C17H20N2OS/c1-3-15(21-12-14-7-5-4-6-8-14)17(20)19-16-10-9-13(2)11-18-16/h4-11,15H,3,12H2,1-2H3,(H,18,19,20). The molecule has 1 aromatic carbocycles. The Balaban J connectivity index is 1.90. The van der Waals surface area contributed by atoms with Crippen LogP contribution < -0.4 is 5.32 Å². The predicted molar refractivity (Wildman–Crippen MR) is 89.4 cm³/mol. The molecule has 0 bridgehead atoms. The molecule has 21 heavy (non-hydrogen) atoms. The molecule has 0 radical (unpaired) electrons. The molecule has 3 nitrogen and oxygen atoms in total. The highest BCUT2D eigenvalue weighted by molar-refractivity contribution is 7.99. The number of aryl methyl sites for hydroxylation is 1. The number of nitrogens with zero attached hydrogens (tertiary/aromatic N) is 1. The van der Waals surface area contributed by atoms with Crippen LogP contribution in [0.15, 0.2) is 48.7 Å². The van der Waals surface area contributed by atoms with Crippen LogP contribution >= 0.6 is 11.8 Å². The molecule has 110 valence electrons. The zero-order valence-corrected chi connectivity index (χ0v) is 13.2. The molecule has 0 saturated heterocycles. The number of hydrogen-bond donors (Lipinski definition) is 1. The normalized spacial score (nSPS) is 11.9. The van der Waals surface area contributed by atoms with Gasteiger partial charge in [0.15, 0.2) is 0 Å². The maximum Gasteiger partial charge on any atom is 0.238 e. The molecule has 0 fully saturated rings. The fourth-order valence-corrected chi connectivity index (χ4v) is 2.93. The Labute approximate surface area is 130 Å². The van der Waals surface area contributed by atoms with Crippen molar-refractivity contribution in [2.24, 2.45) is 0 Å². The number of aromatic nitrogens is 1. The third-order valence-electron chi connectivity index (χ3n) is 3.12. The van der Waals surface area contributed by atoms with E-state index < -0.39 is 0 Å². The molecule has 1 atom stereocenters. The lowest BCUT2D eigenvalue weighted by Crippen LogP contribution is -2.25. The van der Waals surface area contributed by atoms with Crippen molar-refractivity contribution < 1.29 is 4.79 Å². The highest BCUT2D eigenvalue weighted by Crippen LogP contribution is 2.21. The number of carbonyl (C=O) groups is 1. The molecular weight excluding hydrogens is 280 g/mol. The average molecular weight is 300 g/mol. The van der Waals surface area contributed by atoms with Gasteiger partial charge in [-0.3, -0.25) is 4.79 Å². The number of rotatable bonds is 6. The minimum Gasteiger partial charge on any atom is -0.310 e. The number of hydrogen-bond acceptors (Lipinski definition) is 3. The molecular formula is C17H20N2OS. The number of thioether (sulfide) groups is 1. The minimum absolute atomic E-state index is 0.0229. The Morgan fingerprint density at radius 3 is 2.62 bits per heavy atom. The fourth-order valence-electron chi connectivity index (χ4n) is 1.90. The van der Waals surface area contributed by atoms with Gasteiger partial charge in [0.25, 0.3) is 0 Å². The van der Waals surface area contributed by atoms with Gasteiger partial charge >= 0.3 is 0 Å². The second kappa shape index (κ2) is 7.84. The number of benzene rings is 1. The Morgan fingerprint density at radius 2 is 2.00 bits per heavy atom. The molecule has 0 aliphatic rings. The summed E-state index contributed by atoms with van der Waals surface area (Å²) < 4.78 is 0. The van der Waals surface area contributed by atoms with Crippen molar-refractivity contribution in [3.63, 3.8) is 0 Å². The molecule has 1 amide bonds. The van der Waals surface area contributed by atoms with Crippen LogP contribution in [0.5, 0.6) is 0 Å². The molecule has 4 heteroatoms. The van der Waals surface area contributed by atoms with E-state index in [9.17, 15) is 4.79 Å². The van der Waals surface area contributed by atoms with Crippen molar-refractivity contribution >= 4 is 23.5 Å². The van der Waals surface area contributed by atoms with Crippen LogP contribution in [0.1, 0.15) is 24.5 Å². The van der Waals surface area contributed by atoms with Crippen LogP contribution in [-0.2, 0) is 10.5 Å². The van der Waals surface area contributed by atoms with Crippen molar-refractivity contribution in [2.75, 3.05) is 5.32 Å². The van der Waals surface area contributed by atoms with Gasteiger partial charge in [0.05, 0.1) is 5.25 Å². The number of pyridine rings is 1. The van der Waals surface area contributed by atoms with Crippen LogP contribution in [0.25, 0.3) is 0 Å². The third-order valence-corrected chi connectivity index (χ3v) is 4.57. The Hall–Kier alpha value is -1.81. The number of carbonyl (C=O) groups excluding carboxylic acids is 1. The van der Waals surface area contributed by atoms with Crippen LogP contribution in [0.2, 0.25) is 0 Å². The molecule has 2 aromatic rings. The summed E-state index contributed by atoms with van der Waals surface area (Å²) in [4.78, 5) is 16.5. The summed E-state index contributed by atoms with van der Waals surface area (Å²) in [5.74, 6) is 1.48. The second-order valence-electron chi connectivity index (χ2n) is 4.90. The highest BCUT2D eigenvalue weighted by atomic mass is 32.2. The largest absolute Gasteiger partial charge is 0.310 e. The summed E-state index contributed by atoms with van der Waals surface area (Å²) in [6, 6.07) is 14.0. The van der Waals surface area contributed by atoms with E-state index in [1.54, 1.807) is 18.0 Å². The van der Waals surface area contributed by atoms with Gasteiger partial charge in [0.2, 0.25) is 5.91 Å². The number of nitrogens with one attached hydrogen (secondary N) is 1. The zero-order valence-electron chi connectivity index (χ0n) is 12.4. The molecule has 1 aromatic heterocycles. The van der Waals surface area contributed by atoms with E-state index in [4.69, 9.17) is 0 Å². The molecule has 0 aliphatic carbocycles. The van der Waals surface area contributed by atoms with Crippen LogP contribution in [0.4, 0.5) is 5.82 Å². The first-order valence-electron chi connectivity index (χ1n) is 7.08. The summed E-state index contributed by atoms with van der Waals surface area (Å²) in [7, 11) is 0. The maximum atomic E-state index is 12.3. The average Bonchev–Trinajstić information content (AvgIpc) is 2.51. The van der Waals surface area contributed by atoms with Gasteiger partial charge in [-0.05, 0) is 30.5 Å². The SMILES string of the molecule is CCC(SCc1ccccc1)C(=O)Nc1ccc(C)cn1. The zero-order chi connectivity index (χ0) is 15.1. The predicted octanol–water partition coefficient (Wildman–Crippen LogP) is 4.04. The van der Waals surface area contributed by atoms with Crippen LogP contribution in [-0.4, -0.2) is 16.1 Å². The minimum atomic E-state index is -0.0618. The van der Waals surface area contributed by atoms with Gasteiger partial charge in [-0.25, -0.2) is 4.98 Å². The lowest BCUT2D eigenvalue weighted by atomic mass is 10.2. The third kappa shape index (κ3) is 4.90. The van der Waals surface area contributed by atoms with E-state index >= 15 is 0 Å². The van der Waals surface area contributed by atoms with Crippen molar-refractivity contribution in [1.29, 1.82) is 0 Å². The smallest absolute Gasteiger partial charge is 0.238 e. The van der Waals surface area contributed by atoms with Crippen LogP contribution in [0.3, 0.4) is 0 Å². The van der Waals surface area contributed by atoms with Gasteiger partial charge in [0, 0.05) is 11.9 Å². The Kier molecular flexibility index (Phi) is 5.81. The van der Waals surface area contributed by atoms with Crippen molar-refractivity contribution in [3.8, 4) is 0 Å². The lowest BCUT2D eigenvalue weighted by Gasteiger charge is -2.14. The lowest BCUT2D eigenvalue weighted by molar-refractivity contribution is -0.115. The van der Waals surface area contributed by atoms with E-state index in [0.717, 1.165) is 17.7 Å². The van der Waals surface area contributed by atoms with E-state index in [-0.39, 0.29) is 11.2 Å². The van der Waals surface area contributed by atoms with Gasteiger partial charge in [-0.2, -0.15) is 0 Å². The van der Waals surface area contributed by atoms with E-state index in [0.29, 0.717) is 5.82 Å². The van der Waals surface area contributed by atoms with E-state index in [1.165, 1.54) is 5.56 Å². The molecule has 2 rings (SSSR count). The van der Waals surface area contributed by atoms with Gasteiger partial charge in [-0.1, -0.05) is 43.3 Å². The number of anilines is 1. The Bertz CT molecular complexity index is 569. The van der Waals surface area contributed by atoms with Crippen molar-refractivity contribution in [2.45, 2.75) is 31.3 Å². The van der Waals surface area contributed by atoms with Crippen molar-refractivity contribution in [1.82, 2.24) is 4.98 Å². The van der Waals surface area contributed by atoms with Crippen molar-refractivity contribution in [3.05, 3.63) is 59.8 Å². The molecule has 1 heterocycles. The van der Waals surface area contributed by atoms with Gasteiger partial charge in [0.1, 0.15) is 5.82 Å². The first kappa shape index (κ1) is 15.6. The van der Waals surface area contributed by atoms with Gasteiger partial charge < -0.3 is 5.32 Å². The molecule has 1 unspecified atom stereocenters. The molecule has 1 N–H and O–H groups in total. The quantitative estimate of drug-likeness (QED) is 0.875. The van der Waals surface area contributed by atoms with Gasteiger partial charge in [-0.15, -0.1) is 11.8 Å². The summed E-state index contributed by atoms with van der Waals surface area (Å²) in [5.41, 5.74) is 2.32. The van der Waals surface area contributed by atoms with E-state index in [1.807, 2.05) is 44.2 Å². The molecule has 0 spiro atoms. The van der Waals surface area contributed by atoms with E-state index in [2.05, 4.69) is 22.4 Å². The monoisotopic (exact) mass is 300 g/mol. The first-order valence-corrected chi connectivity index (χ1v) is 8.13. The maximum absolute atomic E-state index is 12.3. The molecule has 0 saturated carbocycles. The topological polar surface area (TPSA) is 42.0 Å². The summed E-state index contributed by atoms with van der Waals surface area (Å²) in [5, 5.41) is 2.82. The second-order valence-corrected chi connectivity index (χ2v) is 6.09. The number of amides is 1.